The van der Waals surface area contributed by atoms with Crippen molar-refractivity contribution in [1.82, 2.24) is 0 Å². The topological polar surface area (TPSA) is 68.9 Å². The molecular formula is C23H24O5. The number of methoxy groups -OCH3 is 1. The van der Waals surface area contributed by atoms with Crippen molar-refractivity contribution in [3.8, 4) is 11.5 Å². The Kier molecular flexibility index (Phi) is 6.16. The fourth-order valence-electron chi connectivity index (χ4n) is 3.07. The van der Waals surface area contributed by atoms with Crippen LogP contribution in [-0.2, 0) is 0 Å². The van der Waals surface area contributed by atoms with Gasteiger partial charge in [-0.05, 0) is 24.1 Å². The lowest BCUT2D eigenvalue weighted by Gasteiger charge is -2.13. The zero-order valence-electron chi connectivity index (χ0n) is 16.1. The predicted molar refractivity (Wildman–Crippen MR) is 111 cm³/mol. The lowest BCUT2D eigenvalue weighted by atomic mass is 9.98. The molecular weight excluding hydrogens is 356 g/mol. The number of fused-ring (bicyclic) bond motifs is 3. The van der Waals surface area contributed by atoms with Crippen molar-refractivity contribution < 1.29 is 19.0 Å². The van der Waals surface area contributed by atoms with Gasteiger partial charge in [-0.3, -0.25) is 0 Å². The molecule has 28 heavy (non-hydrogen) atoms. The van der Waals surface area contributed by atoms with Gasteiger partial charge < -0.3 is 19.0 Å². The van der Waals surface area contributed by atoms with Crippen molar-refractivity contribution in [2.75, 3.05) is 20.3 Å². The molecule has 0 aliphatic carbocycles. The second-order valence-corrected chi connectivity index (χ2v) is 6.58. The van der Waals surface area contributed by atoms with Crippen LogP contribution in [0.25, 0.3) is 21.7 Å². The molecule has 0 aliphatic rings. The summed E-state index contributed by atoms with van der Waals surface area (Å²) in [6, 6.07) is 9.10. The molecule has 3 rings (SSSR count). The molecule has 146 valence electrons. The van der Waals surface area contributed by atoms with E-state index in [1.165, 1.54) is 0 Å². The molecule has 1 unspecified atom stereocenters. The van der Waals surface area contributed by atoms with Gasteiger partial charge in [0.25, 0.3) is 0 Å². The highest BCUT2D eigenvalue weighted by Gasteiger charge is 2.15. The lowest BCUT2D eigenvalue weighted by Crippen LogP contribution is -2.04. The summed E-state index contributed by atoms with van der Waals surface area (Å²) in [6.45, 7) is 6.01. The summed E-state index contributed by atoms with van der Waals surface area (Å²) in [5.74, 6) is 1.04. The second-order valence-electron chi connectivity index (χ2n) is 6.58. The van der Waals surface area contributed by atoms with Crippen LogP contribution in [0.4, 0.5) is 0 Å². The van der Waals surface area contributed by atoms with Crippen LogP contribution in [0.15, 0.2) is 64.4 Å². The summed E-state index contributed by atoms with van der Waals surface area (Å²) < 4.78 is 16.8. The first-order valence-electron chi connectivity index (χ1n) is 9.18. The standard InChI is InChI=1S/C23H24O5/c1-4-5-6-7-10-27-22-13-20-18(12-21(22)26-3)17-9-8-16(15(2)14-24)11-19(17)23(25)28-20/h4-6,8-9,11-13,15,24H,1,7,10,14H2,2-3H3/b6-5-. The van der Waals surface area contributed by atoms with Crippen LogP contribution in [0.2, 0.25) is 0 Å². The monoisotopic (exact) mass is 380 g/mol. The molecule has 1 heterocycles. The quantitative estimate of drug-likeness (QED) is 0.268. The molecule has 0 saturated carbocycles. The fourth-order valence-corrected chi connectivity index (χ4v) is 3.07. The van der Waals surface area contributed by atoms with Crippen LogP contribution in [0.1, 0.15) is 24.8 Å². The fraction of sp³-hybridized carbons (Fsp3) is 0.261. The number of benzene rings is 2. The van der Waals surface area contributed by atoms with Gasteiger partial charge in [0.15, 0.2) is 11.5 Å². The maximum Gasteiger partial charge on any atom is 0.344 e. The first-order chi connectivity index (χ1) is 13.6. The Hall–Kier alpha value is -3.05. The lowest BCUT2D eigenvalue weighted by molar-refractivity contribution is 0.273. The molecule has 0 aliphatic heterocycles. The minimum absolute atomic E-state index is 0.0148. The Labute approximate surface area is 163 Å². The molecule has 0 bridgehead atoms. The Bertz CT molecular complexity index is 1080. The summed E-state index contributed by atoms with van der Waals surface area (Å²) in [7, 11) is 1.58. The van der Waals surface area contributed by atoms with Crippen LogP contribution < -0.4 is 15.1 Å². The molecule has 0 fully saturated rings. The maximum atomic E-state index is 12.5. The van der Waals surface area contributed by atoms with E-state index in [0.29, 0.717) is 29.1 Å². The third kappa shape index (κ3) is 3.94. The van der Waals surface area contributed by atoms with Crippen LogP contribution >= 0.6 is 0 Å². The van der Waals surface area contributed by atoms with E-state index in [9.17, 15) is 9.90 Å². The van der Waals surface area contributed by atoms with E-state index in [0.717, 1.165) is 22.8 Å². The van der Waals surface area contributed by atoms with Gasteiger partial charge in [-0.2, -0.15) is 0 Å². The Balaban J connectivity index is 2.06. The van der Waals surface area contributed by atoms with Crippen molar-refractivity contribution in [3.05, 3.63) is 71.1 Å². The molecule has 0 spiro atoms. The predicted octanol–water partition coefficient (Wildman–Crippen LogP) is 4.56. The molecule has 5 nitrogen and oxygen atoms in total. The Morgan fingerprint density at radius 2 is 2.00 bits per heavy atom. The van der Waals surface area contributed by atoms with Crippen molar-refractivity contribution in [3.63, 3.8) is 0 Å². The molecule has 0 amide bonds. The minimum atomic E-state index is -0.417. The largest absolute Gasteiger partial charge is 0.493 e. The molecule has 1 atom stereocenters. The summed E-state index contributed by atoms with van der Waals surface area (Å²) in [5.41, 5.74) is 0.915. The first-order valence-corrected chi connectivity index (χ1v) is 9.18. The van der Waals surface area contributed by atoms with E-state index in [1.54, 1.807) is 25.3 Å². The van der Waals surface area contributed by atoms with Crippen molar-refractivity contribution in [2.24, 2.45) is 0 Å². The number of hydrogen-bond donors (Lipinski definition) is 1. The molecule has 0 saturated heterocycles. The van der Waals surface area contributed by atoms with E-state index in [-0.39, 0.29) is 12.5 Å². The molecule has 2 aromatic carbocycles. The molecule has 3 aromatic rings. The Morgan fingerprint density at radius 3 is 2.71 bits per heavy atom. The zero-order valence-corrected chi connectivity index (χ0v) is 16.1. The molecule has 0 radical (unpaired) electrons. The zero-order chi connectivity index (χ0) is 20.1. The first kappa shape index (κ1) is 19.7. The number of rotatable bonds is 8. The smallest absolute Gasteiger partial charge is 0.344 e. The average Bonchev–Trinajstić information content (AvgIpc) is 2.72. The number of aliphatic hydroxyl groups excluding tert-OH is 1. The van der Waals surface area contributed by atoms with Crippen LogP contribution in [0, 0.1) is 0 Å². The number of aliphatic hydroxyl groups is 1. The van der Waals surface area contributed by atoms with Crippen molar-refractivity contribution in [1.29, 1.82) is 0 Å². The van der Waals surface area contributed by atoms with Gasteiger partial charge in [0, 0.05) is 29.4 Å². The highest BCUT2D eigenvalue weighted by Crippen LogP contribution is 2.35. The van der Waals surface area contributed by atoms with E-state index in [4.69, 9.17) is 13.9 Å². The van der Waals surface area contributed by atoms with Gasteiger partial charge in [0.05, 0.1) is 19.1 Å². The maximum absolute atomic E-state index is 12.5. The van der Waals surface area contributed by atoms with Crippen molar-refractivity contribution >= 4 is 21.7 Å². The van der Waals surface area contributed by atoms with E-state index in [1.807, 2.05) is 37.3 Å². The number of ether oxygens (including phenoxy) is 2. The highest BCUT2D eigenvalue weighted by atomic mass is 16.5. The van der Waals surface area contributed by atoms with Crippen LogP contribution in [0.5, 0.6) is 11.5 Å². The van der Waals surface area contributed by atoms with Gasteiger partial charge in [0.1, 0.15) is 5.58 Å². The summed E-state index contributed by atoms with van der Waals surface area (Å²) >= 11 is 0. The summed E-state index contributed by atoms with van der Waals surface area (Å²) in [5, 5.41) is 11.4. The molecule has 5 heteroatoms. The third-order valence-corrected chi connectivity index (χ3v) is 4.68. The van der Waals surface area contributed by atoms with Crippen molar-refractivity contribution in [2.45, 2.75) is 19.3 Å². The highest BCUT2D eigenvalue weighted by molar-refractivity contribution is 6.05. The number of allylic oxidation sites excluding steroid dienone is 2. The SMILES string of the molecule is C=C/C=C\CCOc1cc2oc(=O)c3cc(C(C)CO)ccc3c2cc1OC. The molecule has 1 aromatic heterocycles. The second kappa shape index (κ2) is 8.76. The summed E-state index contributed by atoms with van der Waals surface area (Å²) in [4.78, 5) is 12.5. The average molecular weight is 380 g/mol. The normalized spacial score (nSPS) is 12.5. The Morgan fingerprint density at radius 1 is 1.18 bits per heavy atom. The van der Waals surface area contributed by atoms with Gasteiger partial charge >= 0.3 is 5.63 Å². The van der Waals surface area contributed by atoms with Gasteiger partial charge in [0.2, 0.25) is 0 Å². The van der Waals surface area contributed by atoms with E-state index in [2.05, 4.69) is 6.58 Å². The minimum Gasteiger partial charge on any atom is -0.493 e. The third-order valence-electron chi connectivity index (χ3n) is 4.68. The van der Waals surface area contributed by atoms with E-state index < -0.39 is 5.63 Å². The van der Waals surface area contributed by atoms with Gasteiger partial charge in [-0.15, -0.1) is 0 Å². The number of hydrogen-bond acceptors (Lipinski definition) is 5. The van der Waals surface area contributed by atoms with Crippen LogP contribution in [0.3, 0.4) is 0 Å². The molecule has 1 N–H and O–H groups in total. The van der Waals surface area contributed by atoms with Gasteiger partial charge in [-0.25, -0.2) is 4.79 Å². The van der Waals surface area contributed by atoms with E-state index >= 15 is 0 Å². The van der Waals surface area contributed by atoms with Crippen LogP contribution in [-0.4, -0.2) is 25.4 Å². The van der Waals surface area contributed by atoms with Gasteiger partial charge in [-0.1, -0.05) is 43.9 Å². The summed E-state index contributed by atoms with van der Waals surface area (Å²) in [6.07, 6.45) is 6.25.